The van der Waals surface area contributed by atoms with Gasteiger partial charge >= 0.3 is 0 Å². The highest BCUT2D eigenvalue weighted by Crippen LogP contribution is 2.29. The summed E-state index contributed by atoms with van der Waals surface area (Å²) in [5.41, 5.74) is 0. The van der Waals surface area contributed by atoms with Crippen molar-refractivity contribution in [2.45, 2.75) is 70.8 Å². The highest BCUT2D eigenvalue weighted by Gasteiger charge is 2.21. The zero-order valence-corrected chi connectivity index (χ0v) is 18.2. The Morgan fingerprint density at radius 1 is 1.12 bits per heavy atom. The smallest absolute Gasteiger partial charge is 0.191 e. The van der Waals surface area contributed by atoms with Crippen molar-refractivity contribution in [1.82, 2.24) is 10.6 Å². The van der Waals surface area contributed by atoms with E-state index < -0.39 is 6.10 Å². The number of aliphatic imine (C=N–C) groups is 1. The quantitative estimate of drug-likeness (QED) is 0.178. The van der Waals surface area contributed by atoms with E-state index in [0.717, 1.165) is 37.5 Å². The fraction of sp³-hybridized carbons (Fsp3) is 0.947. The Hall–Kier alpha value is -0.0800. The second-order valence-electron chi connectivity index (χ2n) is 7.43. The zero-order valence-electron chi connectivity index (χ0n) is 15.8. The molecule has 2 aliphatic rings. The van der Waals surface area contributed by atoms with Gasteiger partial charge in [-0.25, -0.2) is 0 Å². The van der Waals surface area contributed by atoms with E-state index >= 15 is 0 Å². The second kappa shape index (κ2) is 14.0. The first-order chi connectivity index (χ1) is 11.8. The number of hydrogen-bond donors (Lipinski definition) is 3. The lowest BCUT2D eigenvalue weighted by atomic mass is 10.0. The predicted octanol–water partition coefficient (Wildman–Crippen LogP) is 3.31. The first-order valence-corrected chi connectivity index (χ1v) is 10.1. The number of halogens is 1. The van der Waals surface area contributed by atoms with Crippen LogP contribution in [0.2, 0.25) is 0 Å². The molecule has 0 amide bonds. The van der Waals surface area contributed by atoms with Gasteiger partial charge in [-0.05, 0) is 38.0 Å². The number of unbranched alkanes of at least 4 members (excludes halogenated alkanes) is 1. The van der Waals surface area contributed by atoms with Gasteiger partial charge in [0, 0.05) is 19.7 Å². The van der Waals surface area contributed by atoms with Crippen molar-refractivity contribution in [3.8, 4) is 0 Å². The summed E-state index contributed by atoms with van der Waals surface area (Å²) in [6.45, 7) is 5.42. The van der Waals surface area contributed by atoms with Gasteiger partial charge in [-0.2, -0.15) is 0 Å². The van der Waals surface area contributed by atoms with E-state index in [1.54, 1.807) is 0 Å². The molecule has 2 rings (SSSR count). The minimum atomic E-state index is -0.512. The number of nitrogens with zero attached hydrogens (tertiary/aromatic N) is 1. The fourth-order valence-electron chi connectivity index (χ4n) is 3.31. The van der Waals surface area contributed by atoms with Crippen LogP contribution in [0.25, 0.3) is 0 Å². The largest absolute Gasteiger partial charge is 0.389 e. The van der Waals surface area contributed by atoms with Crippen molar-refractivity contribution in [2.24, 2.45) is 16.8 Å². The second-order valence-corrected chi connectivity index (χ2v) is 7.43. The van der Waals surface area contributed by atoms with E-state index in [4.69, 9.17) is 4.74 Å². The summed E-state index contributed by atoms with van der Waals surface area (Å²) in [7, 11) is 0. The van der Waals surface area contributed by atoms with E-state index in [1.165, 1.54) is 57.8 Å². The Morgan fingerprint density at radius 2 is 1.88 bits per heavy atom. The van der Waals surface area contributed by atoms with Crippen LogP contribution in [0, 0.1) is 11.8 Å². The molecule has 0 heterocycles. The van der Waals surface area contributed by atoms with Crippen LogP contribution in [0.5, 0.6) is 0 Å². The van der Waals surface area contributed by atoms with Gasteiger partial charge in [0.2, 0.25) is 0 Å². The Morgan fingerprint density at radius 3 is 2.56 bits per heavy atom. The number of aliphatic hydroxyl groups is 1. The van der Waals surface area contributed by atoms with E-state index in [9.17, 15) is 5.11 Å². The van der Waals surface area contributed by atoms with Gasteiger partial charge in [-0.3, -0.25) is 4.99 Å². The van der Waals surface area contributed by atoms with Gasteiger partial charge in [0.05, 0.1) is 19.3 Å². The first kappa shape index (κ1) is 23.0. The van der Waals surface area contributed by atoms with Crippen LogP contribution in [-0.4, -0.2) is 50.0 Å². The maximum absolute atomic E-state index is 9.94. The average Bonchev–Trinajstić information content (AvgIpc) is 3.25. The minimum Gasteiger partial charge on any atom is -0.389 e. The third-order valence-corrected chi connectivity index (χ3v) is 4.97. The molecular weight excluding hydrogens is 429 g/mol. The van der Waals surface area contributed by atoms with Crippen LogP contribution >= 0.6 is 24.0 Å². The first-order valence-electron chi connectivity index (χ1n) is 10.1. The topological polar surface area (TPSA) is 65.9 Å². The standard InChI is InChI=1S/C19H37N3O2.HI/c1-2-20-19(21-12-6-5-9-16-7-3-4-8-16)22-13-18(23)15-24-14-17-10-11-17;/h16-18,23H,2-15H2,1H3,(H2,20,21,22);1H. The normalized spacial score (nSPS) is 19.5. The summed E-state index contributed by atoms with van der Waals surface area (Å²) < 4.78 is 5.51. The molecule has 3 N–H and O–H groups in total. The molecule has 0 aromatic carbocycles. The molecule has 0 radical (unpaired) electrons. The van der Waals surface area contributed by atoms with Crippen molar-refractivity contribution in [2.75, 3.05) is 32.8 Å². The molecule has 2 saturated carbocycles. The number of guanidine groups is 1. The lowest BCUT2D eigenvalue weighted by molar-refractivity contribution is 0.0368. The zero-order chi connectivity index (χ0) is 17.0. The lowest BCUT2D eigenvalue weighted by Crippen LogP contribution is -2.38. The number of aliphatic hydroxyl groups excluding tert-OH is 1. The van der Waals surface area contributed by atoms with E-state index in [1.807, 2.05) is 0 Å². The van der Waals surface area contributed by atoms with Crippen molar-refractivity contribution in [1.29, 1.82) is 0 Å². The van der Waals surface area contributed by atoms with Crippen molar-refractivity contribution < 1.29 is 9.84 Å². The molecule has 0 aromatic heterocycles. The molecule has 5 nitrogen and oxygen atoms in total. The minimum absolute atomic E-state index is 0. The van der Waals surface area contributed by atoms with Gasteiger partial charge in [0.15, 0.2) is 5.96 Å². The third-order valence-electron chi connectivity index (χ3n) is 4.97. The number of ether oxygens (including phenoxy) is 1. The molecule has 0 saturated heterocycles. The molecule has 2 fully saturated rings. The highest BCUT2D eigenvalue weighted by atomic mass is 127. The van der Waals surface area contributed by atoms with E-state index in [2.05, 4.69) is 22.5 Å². The lowest BCUT2D eigenvalue weighted by Gasteiger charge is -2.14. The molecule has 0 spiro atoms. The molecule has 6 heteroatoms. The van der Waals surface area contributed by atoms with E-state index in [-0.39, 0.29) is 24.0 Å². The monoisotopic (exact) mass is 467 g/mol. The SMILES string of the molecule is CCNC(=NCC(O)COCC1CC1)NCCCCC1CCCC1.I. The predicted molar refractivity (Wildman–Crippen MR) is 115 cm³/mol. The molecule has 25 heavy (non-hydrogen) atoms. The van der Waals surface area contributed by atoms with E-state index in [0.29, 0.717) is 13.2 Å². The molecule has 0 aliphatic heterocycles. The Kier molecular flexibility index (Phi) is 12.9. The number of hydrogen-bond acceptors (Lipinski definition) is 3. The van der Waals surface area contributed by atoms with Crippen molar-refractivity contribution >= 4 is 29.9 Å². The molecule has 148 valence electrons. The molecule has 1 unspecified atom stereocenters. The molecular formula is C19H38IN3O2. The van der Waals surface area contributed by atoms with Gasteiger partial charge in [-0.15, -0.1) is 24.0 Å². The van der Waals surface area contributed by atoms with Crippen LogP contribution in [0.3, 0.4) is 0 Å². The third kappa shape index (κ3) is 11.3. The molecule has 2 aliphatic carbocycles. The maximum atomic E-state index is 9.94. The summed E-state index contributed by atoms with van der Waals surface area (Å²) in [5, 5.41) is 16.6. The Bertz CT molecular complexity index is 359. The molecule has 0 aromatic rings. The summed E-state index contributed by atoms with van der Waals surface area (Å²) in [4.78, 5) is 4.47. The molecule has 1 atom stereocenters. The summed E-state index contributed by atoms with van der Waals surface area (Å²) >= 11 is 0. The van der Waals surface area contributed by atoms with Crippen LogP contribution in [0.1, 0.15) is 64.7 Å². The van der Waals surface area contributed by atoms with Crippen molar-refractivity contribution in [3.63, 3.8) is 0 Å². The van der Waals surface area contributed by atoms with Crippen LogP contribution in [-0.2, 0) is 4.74 Å². The van der Waals surface area contributed by atoms with Gasteiger partial charge in [-0.1, -0.05) is 38.5 Å². The van der Waals surface area contributed by atoms with Gasteiger partial charge in [0.25, 0.3) is 0 Å². The maximum Gasteiger partial charge on any atom is 0.191 e. The number of nitrogens with one attached hydrogen (secondary N) is 2. The van der Waals surface area contributed by atoms with Crippen molar-refractivity contribution in [3.05, 3.63) is 0 Å². The molecule has 0 bridgehead atoms. The summed E-state index contributed by atoms with van der Waals surface area (Å²) in [5.74, 6) is 2.53. The van der Waals surface area contributed by atoms with Crippen LogP contribution in [0.4, 0.5) is 0 Å². The number of rotatable bonds is 12. The summed E-state index contributed by atoms with van der Waals surface area (Å²) in [6.07, 6.45) is 11.7. The van der Waals surface area contributed by atoms with Gasteiger partial charge in [0.1, 0.15) is 0 Å². The van der Waals surface area contributed by atoms with Crippen LogP contribution in [0.15, 0.2) is 4.99 Å². The van der Waals surface area contributed by atoms with Gasteiger partial charge < -0.3 is 20.5 Å². The fourth-order valence-corrected chi connectivity index (χ4v) is 3.31. The highest BCUT2D eigenvalue weighted by molar-refractivity contribution is 14.0. The Labute approximate surface area is 170 Å². The summed E-state index contributed by atoms with van der Waals surface area (Å²) in [6, 6.07) is 0. The van der Waals surface area contributed by atoms with Crippen LogP contribution < -0.4 is 10.6 Å². The Balaban J connectivity index is 0.00000312. The average molecular weight is 467 g/mol.